The zero-order valence-corrected chi connectivity index (χ0v) is 18.7. The third-order valence-electron chi connectivity index (χ3n) is 5.56. The molecule has 2 aliphatic rings. The molecule has 2 aliphatic carbocycles. The summed E-state index contributed by atoms with van der Waals surface area (Å²) in [5.41, 5.74) is 1.42. The molecule has 1 aromatic heterocycles. The van der Waals surface area contributed by atoms with E-state index in [1.54, 1.807) is 11.3 Å². The molecule has 1 spiro atoms. The Bertz CT molecular complexity index is 571. The van der Waals surface area contributed by atoms with E-state index in [-0.39, 0.29) is 24.0 Å². The van der Waals surface area contributed by atoms with E-state index < -0.39 is 0 Å². The van der Waals surface area contributed by atoms with Crippen LogP contribution >= 0.6 is 35.3 Å². The fourth-order valence-corrected chi connectivity index (χ4v) is 4.96. The van der Waals surface area contributed by atoms with Gasteiger partial charge in [0, 0.05) is 30.5 Å². The number of thiazole rings is 1. The van der Waals surface area contributed by atoms with Gasteiger partial charge in [-0.05, 0) is 32.6 Å². The summed E-state index contributed by atoms with van der Waals surface area (Å²) in [5, 5.41) is 10.4. The number of aliphatic imine (C=N–C) groups is 1. The van der Waals surface area contributed by atoms with Gasteiger partial charge in [0.05, 0.1) is 23.4 Å². The summed E-state index contributed by atoms with van der Waals surface area (Å²) in [6.45, 7) is 5.78. The summed E-state index contributed by atoms with van der Waals surface area (Å²) in [6, 6.07) is 0.476. The van der Waals surface area contributed by atoms with Gasteiger partial charge in [-0.15, -0.1) is 35.3 Å². The number of hydrogen-bond acceptors (Lipinski definition) is 4. The van der Waals surface area contributed by atoms with Crippen molar-refractivity contribution in [3.8, 4) is 0 Å². The highest BCUT2D eigenvalue weighted by molar-refractivity contribution is 14.0. The smallest absolute Gasteiger partial charge is 0.191 e. The molecule has 2 N–H and O–H groups in total. The first-order valence-corrected chi connectivity index (χ1v) is 10.1. The molecule has 2 unspecified atom stereocenters. The zero-order valence-electron chi connectivity index (χ0n) is 15.5. The Balaban J connectivity index is 0.00000225. The van der Waals surface area contributed by atoms with Crippen LogP contribution in [-0.2, 0) is 17.7 Å². The summed E-state index contributed by atoms with van der Waals surface area (Å²) >= 11 is 1.73. The van der Waals surface area contributed by atoms with E-state index >= 15 is 0 Å². The van der Waals surface area contributed by atoms with Crippen molar-refractivity contribution in [2.75, 3.05) is 13.7 Å². The molecule has 1 aromatic rings. The van der Waals surface area contributed by atoms with E-state index in [1.807, 2.05) is 7.05 Å². The Kier molecular flexibility index (Phi) is 7.94. The second kappa shape index (κ2) is 9.50. The number of nitrogens with zero attached hydrogens (tertiary/aromatic N) is 2. The summed E-state index contributed by atoms with van der Waals surface area (Å²) in [6.07, 6.45) is 7.72. The molecule has 2 atom stereocenters. The molecule has 0 amide bonds. The number of halogens is 1. The lowest BCUT2D eigenvalue weighted by Gasteiger charge is -2.54. The Morgan fingerprint density at radius 1 is 1.40 bits per heavy atom. The van der Waals surface area contributed by atoms with Gasteiger partial charge in [0.15, 0.2) is 5.96 Å². The van der Waals surface area contributed by atoms with Crippen molar-refractivity contribution in [3.63, 3.8) is 0 Å². The first kappa shape index (κ1) is 20.9. The third kappa shape index (κ3) is 4.47. The molecule has 0 bridgehead atoms. The largest absolute Gasteiger partial charge is 0.378 e. The highest BCUT2D eigenvalue weighted by Crippen LogP contribution is 2.54. The molecule has 25 heavy (non-hydrogen) atoms. The molecule has 142 valence electrons. The van der Waals surface area contributed by atoms with E-state index in [9.17, 15) is 0 Å². The van der Waals surface area contributed by atoms with Crippen molar-refractivity contribution in [2.24, 2.45) is 10.4 Å². The van der Waals surface area contributed by atoms with Crippen molar-refractivity contribution in [2.45, 2.75) is 71.1 Å². The van der Waals surface area contributed by atoms with Gasteiger partial charge in [-0.3, -0.25) is 4.99 Å². The molecular formula is C18H31IN4OS. The maximum Gasteiger partial charge on any atom is 0.191 e. The second-order valence-electron chi connectivity index (χ2n) is 6.83. The van der Waals surface area contributed by atoms with Crippen LogP contribution in [0.2, 0.25) is 0 Å². The Hall–Kier alpha value is -0.410. The standard InChI is InChI=1S/C18H30N4OS.HI/c1-4-16-21-13(12-24-16)11-20-17(19-3)22-14-10-15(23-5-2)18(14)8-6-7-9-18;/h12,14-15H,4-11H2,1-3H3,(H2,19,20,22);1H. The molecule has 0 aromatic carbocycles. The molecule has 2 fully saturated rings. The van der Waals surface area contributed by atoms with E-state index in [2.05, 4.69) is 39.8 Å². The SMILES string of the molecule is CCOC1CC(NC(=NC)NCc2csc(CC)n2)C12CCCC2.I. The number of hydrogen-bond donors (Lipinski definition) is 2. The van der Waals surface area contributed by atoms with Gasteiger partial charge < -0.3 is 15.4 Å². The number of nitrogens with one attached hydrogen (secondary N) is 2. The Labute approximate surface area is 172 Å². The highest BCUT2D eigenvalue weighted by Gasteiger charge is 2.56. The summed E-state index contributed by atoms with van der Waals surface area (Å²) in [5.74, 6) is 0.882. The van der Waals surface area contributed by atoms with Crippen LogP contribution in [0.3, 0.4) is 0 Å². The molecule has 2 saturated carbocycles. The van der Waals surface area contributed by atoms with Gasteiger partial charge in [0.2, 0.25) is 0 Å². The van der Waals surface area contributed by atoms with E-state index in [1.165, 1.54) is 30.7 Å². The lowest BCUT2D eigenvalue weighted by Crippen LogP contribution is -2.65. The lowest BCUT2D eigenvalue weighted by molar-refractivity contribution is -0.125. The Morgan fingerprint density at radius 3 is 2.76 bits per heavy atom. The average Bonchev–Trinajstić information content (AvgIpc) is 3.27. The van der Waals surface area contributed by atoms with Gasteiger partial charge in [-0.2, -0.15) is 0 Å². The normalized spacial score (nSPS) is 24.7. The molecule has 7 heteroatoms. The van der Waals surface area contributed by atoms with Crippen molar-refractivity contribution in [3.05, 3.63) is 16.1 Å². The van der Waals surface area contributed by atoms with Crippen molar-refractivity contribution in [1.29, 1.82) is 0 Å². The van der Waals surface area contributed by atoms with Crippen LogP contribution in [0.5, 0.6) is 0 Å². The summed E-state index contributed by atoms with van der Waals surface area (Å²) < 4.78 is 6.00. The molecule has 0 aliphatic heterocycles. The minimum Gasteiger partial charge on any atom is -0.378 e. The molecule has 0 saturated heterocycles. The number of rotatable bonds is 6. The van der Waals surface area contributed by atoms with Crippen LogP contribution in [0, 0.1) is 5.41 Å². The van der Waals surface area contributed by atoms with Crippen LogP contribution in [0.4, 0.5) is 0 Å². The van der Waals surface area contributed by atoms with Crippen LogP contribution in [0.1, 0.15) is 56.7 Å². The fraction of sp³-hybridized carbons (Fsp3) is 0.778. The minimum absolute atomic E-state index is 0. The van der Waals surface area contributed by atoms with Crippen LogP contribution < -0.4 is 10.6 Å². The van der Waals surface area contributed by atoms with Gasteiger partial charge in [0.25, 0.3) is 0 Å². The Morgan fingerprint density at radius 2 is 2.16 bits per heavy atom. The number of ether oxygens (including phenoxy) is 1. The molecule has 0 radical (unpaired) electrons. The zero-order chi connectivity index (χ0) is 17.0. The minimum atomic E-state index is 0. The van der Waals surface area contributed by atoms with Crippen LogP contribution in [-0.4, -0.2) is 36.7 Å². The van der Waals surface area contributed by atoms with Crippen molar-refractivity contribution < 1.29 is 4.74 Å². The van der Waals surface area contributed by atoms with Crippen molar-refractivity contribution >= 4 is 41.3 Å². The molecule has 5 nitrogen and oxygen atoms in total. The monoisotopic (exact) mass is 478 g/mol. The molecule has 3 rings (SSSR count). The first-order chi connectivity index (χ1) is 11.7. The van der Waals surface area contributed by atoms with Gasteiger partial charge in [-0.25, -0.2) is 4.98 Å². The first-order valence-electron chi connectivity index (χ1n) is 9.24. The predicted molar refractivity (Wildman–Crippen MR) is 115 cm³/mol. The summed E-state index contributed by atoms with van der Waals surface area (Å²) in [4.78, 5) is 9.02. The van der Waals surface area contributed by atoms with Gasteiger partial charge >= 0.3 is 0 Å². The number of aryl methyl sites for hydroxylation is 1. The predicted octanol–water partition coefficient (Wildman–Crippen LogP) is 3.73. The quantitative estimate of drug-likeness (QED) is 0.372. The van der Waals surface area contributed by atoms with E-state index in [0.717, 1.165) is 37.6 Å². The molecule has 1 heterocycles. The van der Waals surface area contributed by atoms with Gasteiger partial charge in [-0.1, -0.05) is 19.8 Å². The average molecular weight is 478 g/mol. The maximum atomic E-state index is 6.00. The molecular weight excluding hydrogens is 447 g/mol. The maximum absolute atomic E-state index is 6.00. The van der Waals surface area contributed by atoms with Crippen molar-refractivity contribution in [1.82, 2.24) is 15.6 Å². The van der Waals surface area contributed by atoms with E-state index in [4.69, 9.17) is 4.74 Å². The number of guanidine groups is 1. The topological polar surface area (TPSA) is 58.5 Å². The van der Waals surface area contributed by atoms with Gasteiger partial charge in [0.1, 0.15) is 0 Å². The fourth-order valence-electron chi connectivity index (χ4n) is 4.22. The summed E-state index contributed by atoms with van der Waals surface area (Å²) in [7, 11) is 1.84. The second-order valence-corrected chi connectivity index (χ2v) is 7.77. The number of aromatic nitrogens is 1. The lowest BCUT2D eigenvalue weighted by atomic mass is 9.60. The van der Waals surface area contributed by atoms with Crippen LogP contribution in [0.25, 0.3) is 0 Å². The van der Waals surface area contributed by atoms with Crippen LogP contribution in [0.15, 0.2) is 10.4 Å². The van der Waals surface area contributed by atoms with E-state index in [0.29, 0.717) is 17.6 Å². The third-order valence-corrected chi connectivity index (χ3v) is 6.60. The highest BCUT2D eigenvalue weighted by atomic mass is 127.